The van der Waals surface area contributed by atoms with E-state index in [2.05, 4.69) is 56.1 Å². The molecule has 0 nitrogen and oxygen atoms in total. The van der Waals surface area contributed by atoms with Gasteiger partial charge in [-0.05, 0) is 67.1 Å². The van der Waals surface area contributed by atoms with Gasteiger partial charge in [-0.3, -0.25) is 0 Å². The lowest BCUT2D eigenvalue weighted by atomic mass is 9.78. The summed E-state index contributed by atoms with van der Waals surface area (Å²) in [7, 11) is 0. The SMILES string of the molecule is BrCC(Cc1cccc(Br)c1)C1CC2CCC1C2. The normalized spacial score (nSPS) is 31.8. The summed E-state index contributed by atoms with van der Waals surface area (Å²) in [6, 6.07) is 8.83. The van der Waals surface area contributed by atoms with Crippen LogP contribution in [0, 0.1) is 23.7 Å². The standard InChI is InChI=1S/C16H20Br2/c17-10-14(7-11-2-1-3-15(18)8-11)16-9-12-4-5-13(16)6-12/h1-3,8,12-14,16H,4-7,9-10H2. The van der Waals surface area contributed by atoms with E-state index in [1.54, 1.807) is 0 Å². The van der Waals surface area contributed by atoms with Crippen LogP contribution in [0.25, 0.3) is 0 Å². The molecule has 18 heavy (non-hydrogen) atoms. The minimum absolute atomic E-state index is 0.828. The first-order valence-electron chi connectivity index (χ1n) is 7.06. The first-order valence-corrected chi connectivity index (χ1v) is 8.98. The average molecular weight is 372 g/mol. The van der Waals surface area contributed by atoms with Crippen LogP contribution in [-0.4, -0.2) is 5.33 Å². The van der Waals surface area contributed by atoms with Crippen molar-refractivity contribution in [2.75, 3.05) is 5.33 Å². The Balaban J connectivity index is 1.69. The second-order valence-corrected chi connectivity index (χ2v) is 7.65. The third-order valence-electron chi connectivity index (χ3n) is 4.98. The molecule has 98 valence electrons. The van der Waals surface area contributed by atoms with Gasteiger partial charge in [-0.2, -0.15) is 0 Å². The van der Waals surface area contributed by atoms with Crippen LogP contribution < -0.4 is 0 Å². The molecule has 2 bridgehead atoms. The lowest BCUT2D eigenvalue weighted by Gasteiger charge is -2.29. The summed E-state index contributed by atoms with van der Waals surface area (Å²) in [5.74, 6) is 3.89. The number of fused-ring (bicyclic) bond motifs is 2. The Labute approximate surface area is 127 Å². The molecule has 4 atom stereocenters. The van der Waals surface area contributed by atoms with Crippen molar-refractivity contribution in [3.05, 3.63) is 34.3 Å². The van der Waals surface area contributed by atoms with Gasteiger partial charge in [0.25, 0.3) is 0 Å². The van der Waals surface area contributed by atoms with Gasteiger partial charge in [0.15, 0.2) is 0 Å². The Hall–Kier alpha value is 0.180. The maximum atomic E-state index is 3.76. The van der Waals surface area contributed by atoms with Gasteiger partial charge in [0, 0.05) is 9.80 Å². The molecule has 0 aliphatic heterocycles. The van der Waals surface area contributed by atoms with Crippen LogP contribution in [0.1, 0.15) is 31.2 Å². The van der Waals surface area contributed by atoms with Gasteiger partial charge in [0.2, 0.25) is 0 Å². The second-order valence-electron chi connectivity index (χ2n) is 6.09. The fraction of sp³-hybridized carbons (Fsp3) is 0.625. The van der Waals surface area contributed by atoms with E-state index in [4.69, 9.17) is 0 Å². The largest absolute Gasteiger partial charge is 0.0925 e. The zero-order valence-electron chi connectivity index (χ0n) is 10.6. The molecule has 2 heteroatoms. The van der Waals surface area contributed by atoms with Gasteiger partial charge < -0.3 is 0 Å². The molecule has 1 aromatic rings. The summed E-state index contributed by atoms with van der Waals surface area (Å²) in [5.41, 5.74) is 1.48. The lowest BCUT2D eigenvalue weighted by molar-refractivity contribution is 0.245. The average Bonchev–Trinajstić information content (AvgIpc) is 2.98. The molecule has 2 aliphatic carbocycles. The fourth-order valence-electron chi connectivity index (χ4n) is 4.16. The van der Waals surface area contributed by atoms with E-state index in [1.165, 1.54) is 42.1 Å². The van der Waals surface area contributed by atoms with E-state index < -0.39 is 0 Å². The number of benzene rings is 1. The minimum Gasteiger partial charge on any atom is -0.0925 e. The van der Waals surface area contributed by atoms with E-state index >= 15 is 0 Å². The van der Waals surface area contributed by atoms with Crippen molar-refractivity contribution in [3.8, 4) is 0 Å². The molecular weight excluding hydrogens is 352 g/mol. The molecule has 0 amide bonds. The highest BCUT2D eigenvalue weighted by Crippen LogP contribution is 2.51. The first-order chi connectivity index (χ1) is 8.76. The molecule has 1 aromatic carbocycles. The number of rotatable bonds is 4. The molecule has 4 unspecified atom stereocenters. The predicted molar refractivity (Wildman–Crippen MR) is 84.1 cm³/mol. The van der Waals surface area contributed by atoms with Crippen LogP contribution in [0.5, 0.6) is 0 Å². The molecule has 0 spiro atoms. The van der Waals surface area contributed by atoms with Gasteiger partial charge in [-0.1, -0.05) is 50.4 Å². The molecule has 0 heterocycles. The topological polar surface area (TPSA) is 0 Å². The molecule has 0 N–H and O–H groups in total. The van der Waals surface area contributed by atoms with Crippen molar-refractivity contribution >= 4 is 31.9 Å². The molecule has 0 saturated heterocycles. The fourth-order valence-corrected chi connectivity index (χ4v) is 5.31. The highest BCUT2D eigenvalue weighted by atomic mass is 79.9. The Morgan fingerprint density at radius 2 is 2.11 bits per heavy atom. The van der Waals surface area contributed by atoms with E-state index in [9.17, 15) is 0 Å². The van der Waals surface area contributed by atoms with Crippen molar-refractivity contribution in [3.63, 3.8) is 0 Å². The van der Waals surface area contributed by atoms with Gasteiger partial charge in [-0.25, -0.2) is 0 Å². The van der Waals surface area contributed by atoms with Crippen LogP contribution in [0.2, 0.25) is 0 Å². The molecule has 2 aliphatic rings. The maximum Gasteiger partial charge on any atom is 0.0177 e. The van der Waals surface area contributed by atoms with Crippen molar-refractivity contribution < 1.29 is 0 Å². The van der Waals surface area contributed by atoms with Crippen molar-refractivity contribution in [2.45, 2.75) is 32.1 Å². The summed E-state index contributed by atoms with van der Waals surface area (Å²) >= 11 is 7.34. The first kappa shape index (κ1) is 13.2. The lowest BCUT2D eigenvalue weighted by Crippen LogP contribution is -2.24. The quantitative estimate of drug-likeness (QED) is 0.618. The Morgan fingerprint density at radius 1 is 1.22 bits per heavy atom. The van der Waals surface area contributed by atoms with Gasteiger partial charge >= 0.3 is 0 Å². The number of alkyl halides is 1. The van der Waals surface area contributed by atoms with Crippen LogP contribution in [0.4, 0.5) is 0 Å². The Bertz CT molecular complexity index is 415. The monoisotopic (exact) mass is 370 g/mol. The Kier molecular flexibility index (Phi) is 4.15. The van der Waals surface area contributed by atoms with Crippen LogP contribution >= 0.6 is 31.9 Å². The second kappa shape index (κ2) is 5.66. The number of hydrogen-bond acceptors (Lipinski definition) is 0. The molecule has 2 fully saturated rings. The molecular formula is C16H20Br2. The molecule has 2 saturated carbocycles. The van der Waals surface area contributed by atoms with Crippen LogP contribution in [0.15, 0.2) is 28.7 Å². The molecule has 0 radical (unpaired) electrons. The van der Waals surface area contributed by atoms with Gasteiger partial charge in [0.05, 0.1) is 0 Å². The summed E-state index contributed by atoms with van der Waals surface area (Å²) < 4.78 is 1.21. The van der Waals surface area contributed by atoms with E-state index in [1.807, 2.05) is 0 Å². The van der Waals surface area contributed by atoms with E-state index in [0.29, 0.717) is 0 Å². The van der Waals surface area contributed by atoms with E-state index in [0.717, 1.165) is 29.0 Å². The predicted octanol–water partition coefficient (Wildman–Crippen LogP) is 5.44. The van der Waals surface area contributed by atoms with E-state index in [-0.39, 0.29) is 0 Å². The third-order valence-corrected chi connectivity index (χ3v) is 6.31. The number of halogens is 2. The van der Waals surface area contributed by atoms with Crippen LogP contribution in [-0.2, 0) is 6.42 Å². The highest BCUT2D eigenvalue weighted by Gasteiger charge is 2.42. The zero-order chi connectivity index (χ0) is 12.5. The van der Waals surface area contributed by atoms with Crippen molar-refractivity contribution in [1.82, 2.24) is 0 Å². The van der Waals surface area contributed by atoms with Crippen LogP contribution in [0.3, 0.4) is 0 Å². The molecule has 3 rings (SSSR count). The Morgan fingerprint density at radius 3 is 2.72 bits per heavy atom. The summed E-state index contributed by atoms with van der Waals surface area (Å²) in [6.07, 6.45) is 7.25. The van der Waals surface area contributed by atoms with Gasteiger partial charge in [0.1, 0.15) is 0 Å². The summed E-state index contributed by atoms with van der Waals surface area (Å²) in [6.45, 7) is 0. The summed E-state index contributed by atoms with van der Waals surface area (Å²) in [4.78, 5) is 0. The smallest absolute Gasteiger partial charge is 0.0177 e. The maximum absolute atomic E-state index is 3.76. The zero-order valence-corrected chi connectivity index (χ0v) is 13.8. The summed E-state index contributed by atoms with van der Waals surface area (Å²) in [5, 5.41) is 1.16. The minimum atomic E-state index is 0.828. The number of hydrogen-bond donors (Lipinski definition) is 0. The highest BCUT2D eigenvalue weighted by molar-refractivity contribution is 9.10. The third kappa shape index (κ3) is 2.70. The van der Waals surface area contributed by atoms with Crippen molar-refractivity contribution in [2.24, 2.45) is 23.7 Å². The molecule has 0 aromatic heterocycles. The van der Waals surface area contributed by atoms with Gasteiger partial charge in [-0.15, -0.1) is 0 Å². The van der Waals surface area contributed by atoms with Crippen molar-refractivity contribution in [1.29, 1.82) is 0 Å².